The van der Waals surface area contributed by atoms with Crippen LogP contribution in [0.1, 0.15) is 54.1 Å². The van der Waals surface area contributed by atoms with E-state index in [1.165, 1.54) is 24.9 Å². The Morgan fingerprint density at radius 3 is 2.61 bits per heavy atom. The lowest BCUT2D eigenvalue weighted by Crippen LogP contribution is -2.31. The molecular formula is C24H27N3O5S. The van der Waals surface area contributed by atoms with Crippen molar-refractivity contribution in [1.82, 2.24) is 9.97 Å². The molecule has 0 saturated heterocycles. The van der Waals surface area contributed by atoms with Crippen molar-refractivity contribution in [3.8, 4) is 0 Å². The molecule has 3 rings (SSSR count). The van der Waals surface area contributed by atoms with Gasteiger partial charge in [-0.3, -0.25) is 4.79 Å². The fraction of sp³-hybridized carbons (Fsp3) is 0.333. The molecule has 0 radical (unpaired) electrons. The van der Waals surface area contributed by atoms with E-state index < -0.39 is 17.9 Å². The minimum absolute atomic E-state index is 0.0398. The molecule has 0 bridgehead atoms. The molecule has 2 N–H and O–H groups in total. The van der Waals surface area contributed by atoms with Crippen LogP contribution in [0, 0.1) is 0 Å². The van der Waals surface area contributed by atoms with Gasteiger partial charge in [0.1, 0.15) is 12.4 Å². The van der Waals surface area contributed by atoms with Gasteiger partial charge in [-0.25, -0.2) is 14.6 Å². The lowest BCUT2D eigenvalue weighted by atomic mass is 9.82. The summed E-state index contributed by atoms with van der Waals surface area (Å²) in [6, 6.07) is 6.59. The SMILES string of the molecule is C=CCOC(=O)C1=C(C)Nc2nc(SCCCC)[nH]c(=O)c2[C@@H]1c1ccc(C(=O)OC)cc1. The Bertz CT molecular complexity index is 1140. The minimum Gasteiger partial charge on any atom is -0.465 e. The van der Waals surface area contributed by atoms with E-state index >= 15 is 0 Å². The monoisotopic (exact) mass is 469 g/mol. The van der Waals surface area contributed by atoms with E-state index in [0.717, 1.165) is 18.6 Å². The van der Waals surface area contributed by atoms with E-state index in [-0.39, 0.29) is 12.2 Å². The average Bonchev–Trinajstić information content (AvgIpc) is 2.81. The lowest BCUT2D eigenvalue weighted by Gasteiger charge is -2.28. The molecule has 0 fully saturated rings. The van der Waals surface area contributed by atoms with Gasteiger partial charge in [-0.05, 0) is 31.0 Å². The third kappa shape index (κ3) is 5.36. The molecule has 2 aromatic rings. The first kappa shape index (κ1) is 24.3. The second-order valence-electron chi connectivity index (χ2n) is 7.43. The van der Waals surface area contributed by atoms with Gasteiger partial charge in [0.2, 0.25) is 0 Å². The Hall–Kier alpha value is -3.33. The number of esters is 2. The van der Waals surface area contributed by atoms with E-state index in [1.54, 1.807) is 31.2 Å². The molecule has 174 valence electrons. The number of nitrogens with zero attached hydrogens (tertiary/aromatic N) is 1. The van der Waals surface area contributed by atoms with Crippen LogP contribution in [0.15, 0.2) is 58.1 Å². The highest BCUT2D eigenvalue weighted by Gasteiger charge is 2.36. The van der Waals surface area contributed by atoms with E-state index in [1.807, 2.05) is 0 Å². The standard InChI is InChI=1S/C24H27N3O5S/c1-5-7-13-33-24-26-20-19(21(28)27-24)18(15-8-10-16(11-9-15)22(29)31-4)17(14(3)25-20)23(30)32-12-6-2/h6,8-11,18H,2,5,7,12-13H2,1,3-4H3,(H2,25,26,27,28)/t18-/m1/s1. The van der Waals surface area contributed by atoms with Crippen LogP contribution in [0.2, 0.25) is 0 Å². The number of unbranched alkanes of at least 4 members (excludes halogenated alkanes) is 1. The molecule has 8 nitrogen and oxygen atoms in total. The van der Waals surface area contributed by atoms with Gasteiger partial charge >= 0.3 is 11.9 Å². The van der Waals surface area contributed by atoms with Crippen molar-refractivity contribution in [2.24, 2.45) is 0 Å². The number of carbonyl (C=O) groups is 2. The molecule has 0 amide bonds. The van der Waals surface area contributed by atoms with E-state index in [2.05, 4.69) is 28.8 Å². The minimum atomic E-state index is -0.726. The zero-order valence-corrected chi connectivity index (χ0v) is 19.7. The summed E-state index contributed by atoms with van der Waals surface area (Å²) in [5.74, 6) is -0.523. The first-order valence-corrected chi connectivity index (χ1v) is 11.6. The Kier molecular flexibility index (Phi) is 8.11. The van der Waals surface area contributed by atoms with Crippen LogP contribution in [0.5, 0.6) is 0 Å². The number of ether oxygens (including phenoxy) is 2. The second kappa shape index (κ2) is 11.0. The first-order chi connectivity index (χ1) is 15.9. The van der Waals surface area contributed by atoms with Crippen molar-refractivity contribution < 1.29 is 19.1 Å². The molecule has 1 aliphatic rings. The van der Waals surface area contributed by atoms with Gasteiger partial charge in [-0.2, -0.15) is 0 Å². The van der Waals surface area contributed by atoms with Gasteiger partial charge in [0.05, 0.1) is 29.7 Å². The van der Waals surface area contributed by atoms with Crippen LogP contribution >= 0.6 is 11.8 Å². The molecule has 0 aliphatic carbocycles. The highest BCUT2D eigenvalue weighted by molar-refractivity contribution is 7.99. The Morgan fingerprint density at radius 1 is 1.24 bits per heavy atom. The number of nitrogens with one attached hydrogen (secondary N) is 2. The summed E-state index contributed by atoms with van der Waals surface area (Å²) >= 11 is 1.48. The molecule has 33 heavy (non-hydrogen) atoms. The third-order valence-electron chi connectivity index (χ3n) is 5.17. The quantitative estimate of drug-likeness (QED) is 0.186. The van der Waals surface area contributed by atoms with Gasteiger partial charge in [0.25, 0.3) is 5.56 Å². The number of allylic oxidation sites excluding steroid dienone is 1. The summed E-state index contributed by atoms with van der Waals surface area (Å²) in [6.07, 6.45) is 3.53. The Morgan fingerprint density at radius 2 is 1.97 bits per heavy atom. The summed E-state index contributed by atoms with van der Waals surface area (Å²) in [6.45, 7) is 7.46. The normalized spacial score (nSPS) is 14.8. The summed E-state index contributed by atoms with van der Waals surface area (Å²) in [4.78, 5) is 45.5. The van der Waals surface area contributed by atoms with Crippen molar-refractivity contribution in [1.29, 1.82) is 0 Å². The molecule has 0 spiro atoms. The van der Waals surface area contributed by atoms with Crippen molar-refractivity contribution in [2.75, 3.05) is 24.8 Å². The van der Waals surface area contributed by atoms with Crippen LogP contribution in [0.3, 0.4) is 0 Å². The number of carbonyl (C=O) groups excluding carboxylic acids is 2. The van der Waals surface area contributed by atoms with Crippen LogP contribution in [-0.2, 0) is 14.3 Å². The van der Waals surface area contributed by atoms with Gasteiger partial charge in [-0.15, -0.1) is 0 Å². The fourth-order valence-electron chi connectivity index (χ4n) is 3.56. The number of hydrogen-bond acceptors (Lipinski definition) is 8. The maximum absolute atomic E-state index is 13.2. The molecule has 1 aromatic carbocycles. The maximum atomic E-state index is 13.2. The number of aromatic nitrogens is 2. The maximum Gasteiger partial charge on any atom is 0.337 e. The lowest BCUT2D eigenvalue weighted by molar-refractivity contribution is -0.138. The van der Waals surface area contributed by atoms with Crippen molar-refractivity contribution >= 4 is 29.5 Å². The highest BCUT2D eigenvalue weighted by Crippen LogP contribution is 2.40. The number of anilines is 1. The van der Waals surface area contributed by atoms with Gasteiger partial charge in [0.15, 0.2) is 5.16 Å². The largest absolute Gasteiger partial charge is 0.465 e. The van der Waals surface area contributed by atoms with Crippen molar-refractivity contribution in [2.45, 2.75) is 37.8 Å². The summed E-state index contributed by atoms with van der Waals surface area (Å²) in [5, 5.41) is 3.63. The van der Waals surface area contributed by atoms with Crippen LogP contribution in [0.4, 0.5) is 5.82 Å². The smallest absolute Gasteiger partial charge is 0.337 e. The summed E-state index contributed by atoms with van der Waals surface area (Å²) in [5.41, 5.74) is 1.83. The zero-order valence-electron chi connectivity index (χ0n) is 18.9. The highest BCUT2D eigenvalue weighted by atomic mass is 32.2. The van der Waals surface area contributed by atoms with Crippen molar-refractivity contribution in [3.05, 3.63) is 75.2 Å². The van der Waals surface area contributed by atoms with E-state index in [0.29, 0.717) is 38.9 Å². The van der Waals surface area contributed by atoms with E-state index in [4.69, 9.17) is 9.47 Å². The van der Waals surface area contributed by atoms with E-state index in [9.17, 15) is 14.4 Å². The first-order valence-electron chi connectivity index (χ1n) is 10.6. The average molecular weight is 470 g/mol. The molecule has 1 atom stereocenters. The number of benzene rings is 1. The predicted molar refractivity (Wildman–Crippen MR) is 128 cm³/mol. The number of fused-ring (bicyclic) bond motifs is 1. The van der Waals surface area contributed by atoms with Gasteiger partial charge in [0, 0.05) is 11.4 Å². The molecule has 0 saturated carbocycles. The molecule has 1 aliphatic heterocycles. The topological polar surface area (TPSA) is 110 Å². The Balaban J connectivity index is 2.11. The number of rotatable bonds is 9. The number of methoxy groups -OCH3 is 1. The van der Waals surface area contributed by atoms with Gasteiger partial charge in [-0.1, -0.05) is 49.9 Å². The summed E-state index contributed by atoms with van der Waals surface area (Å²) < 4.78 is 10.1. The molecule has 2 heterocycles. The number of H-pyrrole nitrogens is 1. The van der Waals surface area contributed by atoms with Crippen LogP contribution in [0.25, 0.3) is 0 Å². The number of hydrogen-bond donors (Lipinski definition) is 2. The number of aromatic amines is 1. The Labute approximate surface area is 196 Å². The fourth-order valence-corrected chi connectivity index (χ4v) is 4.51. The predicted octanol–water partition coefficient (Wildman–Crippen LogP) is 4.01. The molecular weight excluding hydrogens is 442 g/mol. The molecule has 9 heteroatoms. The third-order valence-corrected chi connectivity index (χ3v) is 6.13. The van der Waals surface area contributed by atoms with Crippen LogP contribution < -0.4 is 10.9 Å². The molecule has 0 unspecified atom stereocenters. The summed E-state index contributed by atoms with van der Waals surface area (Å²) in [7, 11) is 1.31. The zero-order chi connectivity index (χ0) is 24.0. The van der Waals surface area contributed by atoms with Gasteiger partial charge < -0.3 is 19.8 Å². The number of thioether (sulfide) groups is 1. The molecule has 1 aromatic heterocycles. The van der Waals surface area contributed by atoms with Crippen molar-refractivity contribution in [3.63, 3.8) is 0 Å². The second-order valence-corrected chi connectivity index (χ2v) is 8.52. The van der Waals surface area contributed by atoms with Crippen LogP contribution in [-0.4, -0.2) is 41.4 Å².